The molecule has 0 unspecified atom stereocenters. The molecule has 0 amide bonds. The van der Waals surface area contributed by atoms with E-state index in [1.165, 1.54) is 17.3 Å². The Balaban J connectivity index is 1.64. The lowest BCUT2D eigenvalue weighted by molar-refractivity contribution is 0.346. The van der Waals surface area contributed by atoms with Crippen LogP contribution in [-0.4, -0.2) is 20.3 Å². The van der Waals surface area contributed by atoms with E-state index in [9.17, 15) is 0 Å². The van der Waals surface area contributed by atoms with Crippen LogP contribution in [0.1, 0.15) is 57.9 Å². The van der Waals surface area contributed by atoms with Gasteiger partial charge in [0.05, 0.1) is 5.75 Å². The zero-order chi connectivity index (χ0) is 18.0. The van der Waals surface area contributed by atoms with E-state index < -0.39 is 0 Å². The third-order valence-corrected chi connectivity index (χ3v) is 4.47. The van der Waals surface area contributed by atoms with Gasteiger partial charge in [0.1, 0.15) is 0 Å². The normalized spacial score (nSPS) is 12.1. The highest BCUT2D eigenvalue weighted by Gasteiger charge is 2.22. The quantitative estimate of drug-likeness (QED) is 0.604. The van der Waals surface area contributed by atoms with E-state index in [-0.39, 0.29) is 5.41 Å². The lowest BCUT2D eigenvalue weighted by atomic mass is 9.97. The topological polar surface area (TPSA) is 77.8 Å². The highest BCUT2D eigenvalue weighted by Crippen LogP contribution is 2.27. The van der Waals surface area contributed by atoms with Crippen LogP contribution in [0.3, 0.4) is 0 Å². The molecule has 0 saturated heterocycles. The van der Waals surface area contributed by atoms with Crippen molar-refractivity contribution in [1.82, 2.24) is 20.3 Å². The summed E-state index contributed by atoms with van der Waals surface area (Å²) in [7, 11) is 0. The molecule has 2 heterocycles. The van der Waals surface area contributed by atoms with Crippen molar-refractivity contribution in [3.8, 4) is 11.4 Å². The van der Waals surface area contributed by atoms with Crippen molar-refractivity contribution in [2.75, 3.05) is 0 Å². The van der Waals surface area contributed by atoms with Crippen molar-refractivity contribution in [3.63, 3.8) is 0 Å². The van der Waals surface area contributed by atoms with Gasteiger partial charge in [0.25, 0.3) is 5.22 Å². The first-order valence-electron chi connectivity index (χ1n) is 8.22. The minimum Gasteiger partial charge on any atom is -0.415 e. The van der Waals surface area contributed by atoms with Crippen LogP contribution in [-0.2, 0) is 11.2 Å². The molecular formula is C18H22N4O2S. The van der Waals surface area contributed by atoms with Crippen molar-refractivity contribution < 1.29 is 8.94 Å². The van der Waals surface area contributed by atoms with Gasteiger partial charge in [-0.05, 0) is 11.5 Å². The summed E-state index contributed by atoms with van der Waals surface area (Å²) >= 11 is 1.39. The van der Waals surface area contributed by atoms with Gasteiger partial charge in [0.15, 0.2) is 0 Å². The van der Waals surface area contributed by atoms with E-state index in [2.05, 4.69) is 46.3 Å². The lowest BCUT2D eigenvalue weighted by Gasteiger charge is -2.10. The first-order valence-corrected chi connectivity index (χ1v) is 9.21. The zero-order valence-electron chi connectivity index (χ0n) is 15.1. The van der Waals surface area contributed by atoms with Crippen LogP contribution >= 0.6 is 11.8 Å². The Morgan fingerprint density at radius 2 is 1.80 bits per heavy atom. The summed E-state index contributed by atoms with van der Waals surface area (Å²) in [5.74, 6) is 2.73. The van der Waals surface area contributed by atoms with E-state index in [0.717, 1.165) is 5.56 Å². The predicted molar refractivity (Wildman–Crippen MR) is 96.4 cm³/mol. The standard InChI is InChI=1S/C18H22N4O2S/c1-11(2)12-6-8-13(9-7-12)15-19-14(24-22-15)10-25-17-21-20-16(23-17)18(3,4)5/h6-9,11H,10H2,1-5H3. The summed E-state index contributed by atoms with van der Waals surface area (Å²) in [6.07, 6.45) is 0. The first-order chi connectivity index (χ1) is 11.8. The SMILES string of the molecule is CC(C)c1ccc(-c2noc(CSc3nnc(C(C)(C)C)o3)n2)cc1. The average Bonchev–Trinajstić information content (AvgIpc) is 3.22. The molecule has 0 radical (unpaired) electrons. The van der Waals surface area contributed by atoms with E-state index in [0.29, 0.717) is 34.5 Å². The molecule has 0 N–H and O–H groups in total. The van der Waals surface area contributed by atoms with E-state index in [1.807, 2.05) is 32.9 Å². The molecule has 0 saturated carbocycles. The van der Waals surface area contributed by atoms with Crippen LogP contribution < -0.4 is 0 Å². The third-order valence-electron chi connectivity index (χ3n) is 3.67. The Hall–Kier alpha value is -2.15. The Kier molecular flexibility index (Phi) is 4.94. The number of nitrogens with zero attached hydrogens (tertiary/aromatic N) is 4. The first kappa shape index (κ1) is 17.7. The fraction of sp³-hybridized carbons (Fsp3) is 0.444. The molecular weight excluding hydrogens is 336 g/mol. The average molecular weight is 358 g/mol. The zero-order valence-corrected chi connectivity index (χ0v) is 15.9. The molecule has 0 fully saturated rings. The molecule has 7 heteroatoms. The van der Waals surface area contributed by atoms with Gasteiger partial charge >= 0.3 is 0 Å². The van der Waals surface area contributed by atoms with Crippen LogP contribution in [0.15, 0.2) is 38.4 Å². The molecule has 0 atom stereocenters. The van der Waals surface area contributed by atoms with Gasteiger partial charge in [0, 0.05) is 11.0 Å². The van der Waals surface area contributed by atoms with Gasteiger partial charge in [-0.3, -0.25) is 0 Å². The van der Waals surface area contributed by atoms with Crippen molar-refractivity contribution >= 4 is 11.8 Å². The third kappa shape index (κ3) is 4.28. The summed E-state index contributed by atoms with van der Waals surface area (Å²) in [6.45, 7) is 10.4. The smallest absolute Gasteiger partial charge is 0.277 e. The molecule has 25 heavy (non-hydrogen) atoms. The fourth-order valence-corrected chi connectivity index (χ4v) is 2.74. The minimum atomic E-state index is -0.161. The molecule has 0 aliphatic carbocycles. The van der Waals surface area contributed by atoms with Gasteiger partial charge in [-0.25, -0.2) is 0 Å². The second-order valence-electron chi connectivity index (χ2n) is 7.20. The Morgan fingerprint density at radius 1 is 1.08 bits per heavy atom. The molecule has 0 aliphatic heterocycles. The maximum atomic E-state index is 5.65. The monoisotopic (exact) mass is 358 g/mol. The number of hydrogen-bond donors (Lipinski definition) is 0. The highest BCUT2D eigenvalue weighted by atomic mass is 32.2. The molecule has 0 aliphatic rings. The van der Waals surface area contributed by atoms with Gasteiger partial charge in [-0.15, -0.1) is 10.2 Å². The molecule has 0 bridgehead atoms. The van der Waals surface area contributed by atoms with Gasteiger partial charge < -0.3 is 8.94 Å². The summed E-state index contributed by atoms with van der Waals surface area (Å²) in [5.41, 5.74) is 2.07. The summed E-state index contributed by atoms with van der Waals surface area (Å²) in [4.78, 5) is 4.44. The molecule has 3 rings (SSSR count). The Morgan fingerprint density at radius 3 is 2.40 bits per heavy atom. The fourth-order valence-electron chi connectivity index (χ4n) is 2.14. The van der Waals surface area contributed by atoms with Crippen molar-refractivity contribution in [2.24, 2.45) is 0 Å². The summed E-state index contributed by atoms with van der Waals surface area (Å²) in [6, 6.07) is 8.23. The number of rotatable bonds is 5. The van der Waals surface area contributed by atoms with Crippen molar-refractivity contribution in [2.45, 2.75) is 56.9 Å². The van der Waals surface area contributed by atoms with Crippen molar-refractivity contribution in [1.29, 1.82) is 0 Å². The summed E-state index contributed by atoms with van der Waals surface area (Å²) < 4.78 is 11.0. The highest BCUT2D eigenvalue weighted by molar-refractivity contribution is 7.98. The van der Waals surface area contributed by atoms with E-state index in [1.54, 1.807) is 0 Å². The van der Waals surface area contributed by atoms with Gasteiger partial charge in [-0.1, -0.05) is 75.8 Å². The molecule has 0 spiro atoms. The second-order valence-corrected chi connectivity index (χ2v) is 8.13. The Labute approximate surface area is 151 Å². The minimum absolute atomic E-state index is 0.161. The van der Waals surface area contributed by atoms with Gasteiger partial charge in [0.2, 0.25) is 17.6 Å². The number of hydrogen-bond acceptors (Lipinski definition) is 7. The van der Waals surface area contributed by atoms with Crippen LogP contribution in [0.5, 0.6) is 0 Å². The van der Waals surface area contributed by atoms with Crippen LogP contribution in [0, 0.1) is 0 Å². The van der Waals surface area contributed by atoms with Crippen LogP contribution in [0.4, 0.5) is 0 Å². The Bertz CT molecular complexity index is 831. The number of thioether (sulfide) groups is 1. The largest absolute Gasteiger partial charge is 0.415 e. The molecule has 2 aromatic heterocycles. The number of aromatic nitrogens is 4. The van der Waals surface area contributed by atoms with Crippen molar-refractivity contribution in [3.05, 3.63) is 41.6 Å². The maximum Gasteiger partial charge on any atom is 0.277 e. The number of benzene rings is 1. The molecule has 6 nitrogen and oxygen atoms in total. The molecule has 3 aromatic rings. The molecule has 1 aromatic carbocycles. The van der Waals surface area contributed by atoms with Crippen LogP contribution in [0.2, 0.25) is 0 Å². The van der Waals surface area contributed by atoms with E-state index >= 15 is 0 Å². The second kappa shape index (κ2) is 7.00. The van der Waals surface area contributed by atoms with E-state index in [4.69, 9.17) is 8.94 Å². The lowest BCUT2D eigenvalue weighted by Crippen LogP contribution is -2.11. The maximum absolute atomic E-state index is 5.65. The predicted octanol–water partition coefficient (Wildman–Crippen LogP) is 4.83. The van der Waals surface area contributed by atoms with Gasteiger partial charge in [-0.2, -0.15) is 4.98 Å². The summed E-state index contributed by atoms with van der Waals surface area (Å²) in [5, 5.41) is 12.7. The molecule has 132 valence electrons. The van der Waals surface area contributed by atoms with Crippen LogP contribution in [0.25, 0.3) is 11.4 Å².